The Kier molecular flexibility index (Phi) is 6.12. The summed E-state index contributed by atoms with van der Waals surface area (Å²) in [7, 11) is 0. The molecule has 1 aliphatic heterocycles. The third-order valence-corrected chi connectivity index (χ3v) is 4.65. The van der Waals surface area contributed by atoms with E-state index in [1.54, 1.807) is 12.1 Å². The fourth-order valence-electron chi connectivity index (χ4n) is 3.14. The van der Waals surface area contributed by atoms with Gasteiger partial charge in [0.1, 0.15) is 11.6 Å². The van der Waals surface area contributed by atoms with Crippen LogP contribution in [0.3, 0.4) is 0 Å². The SMILES string of the molecule is NCCCCCCNc1ccc2nnn(C3CCC(=O)NC3=O)c(=O)c2c1. The van der Waals surface area contributed by atoms with Crippen LogP contribution >= 0.6 is 0 Å². The monoisotopic (exact) mass is 372 g/mol. The number of hydrogen-bond donors (Lipinski definition) is 3. The van der Waals surface area contributed by atoms with E-state index < -0.39 is 11.9 Å². The van der Waals surface area contributed by atoms with E-state index in [4.69, 9.17) is 5.73 Å². The summed E-state index contributed by atoms with van der Waals surface area (Å²) in [5.41, 5.74) is 6.39. The molecule has 0 aliphatic carbocycles. The van der Waals surface area contributed by atoms with Crippen molar-refractivity contribution in [3.63, 3.8) is 0 Å². The van der Waals surface area contributed by atoms with Gasteiger partial charge in [0, 0.05) is 18.7 Å². The number of piperidine rings is 1. The van der Waals surface area contributed by atoms with Crippen molar-refractivity contribution in [2.75, 3.05) is 18.4 Å². The van der Waals surface area contributed by atoms with Crippen LogP contribution in [-0.4, -0.2) is 39.9 Å². The van der Waals surface area contributed by atoms with Gasteiger partial charge in [0.05, 0.1) is 5.39 Å². The van der Waals surface area contributed by atoms with Crippen molar-refractivity contribution in [3.05, 3.63) is 28.6 Å². The Morgan fingerprint density at radius 3 is 2.78 bits per heavy atom. The van der Waals surface area contributed by atoms with E-state index >= 15 is 0 Å². The van der Waals surface area contributed by atoms with Crippen LogP contribution in [0.5, 0.6) is 0 Å². The molecule has 1 aromatic heterocycles. The van der Waals surface area contributed by atoms with Crippen LogP contribution in [0.15, 0.2) is 23.0 Å². The van der Waals surface area contributed by atoms with E-state index in [9.17, 15) is 14.4 Å². The van der Waals surface area contributed by atoms with Gasteiger partial charge in [0.15, 0.2) is 0 Å². The summed E-state index contributed by atoms with van der Waals surface area (Å²) in [6.45, 7) is 1.52. The smallest absolute Gasteiger partial charge is 0.278 e. The fourth-order valence-corrected chi connectivity index (χ4v) is 3.14. The normalized spacial score (nSPS) is 17.1. The van der Waals surface area contributed by atoms with Gasteiger partial charge in [-0.2, -0.15) is 4.68 Å². The average Bonchev–Trinajstić information content (AvgIpc) is 2.66. The first-order valence-electron chi connectivity index (χ1n) is 9.27. The Morgan fingerprint density at radius 1 is 1.19 bits per heavy atom. The zero-order valence-corrected chi connectivity index (χ0v) is 15.1. The van der Waals surface area contributed by atoms with Crippen LogP contribution in [0.1, 0.15) is 44.6 Å². The number of hydrogen-bond acceptors (Lipinski definition) is 7. The quantitative estimate of drug-likeness (QED) is 0.459. The van der Waals surface area contributed by atoms with Gasteiger partial charge >= 0.3 is 0 Å². The molecule has 3 rings (SSSR count). The molecule has 144 valence electrons. The highest BCUT2D eigenvalue weighted by molar-refractivity contribution is 5.99. The standard InChI is InChI=1S/C18H24N6O3/c19-9-3-1-2-4-10-20-12-5-6-14-13(11-12)18(27)24(23-22-14)15-7-8-16(25)21-17(15)26/h5-6,11,15,20H,1-4,7-10,19H2,(H,21,25,26). The van der Waals surface area contributed by atoms with Crippen LogP contribution in [-0.2, 0) is 9.59 Å². The third kappa shape index (κ3) is 4.48. The van der Waals surface area contributed by atoms with Crippen LogP contribution in [0.25, 0.3) is 10.9 Å². The Labute approximate surface area is 156 Å². The maximum atomic E-state index is 12.8. The lowest BCUT2D eigenvalue weighted by Gasteiger charge is -2.21. The molecular weight excluding hydrogens is 348 g/mol. The van der Waals surface area contributed by atoms with Gasteiger partial charge < -0.3 is 11.1 Å². The number of anilines is 1. The minimum absolute atomic E-state index is 0.175. The number of nitrogens with zero attached hydrogens (tertiary/aromatic N) is 3. The van der Waals surface area contributed by atoms with E-state index in [-0.39, 0.29) is 24.3 Å². The van der Waals surface area contributed by atoms with Crippen molar-refractivity contribution in [3.8, 4) is 0 Å². The molecule has 2 aromatic rings. The number of amides is 2. The van der Waals surface area contributed by atoms with Crippen molar-refractivity contribution >= 4 is 28.4 Å². The number of nitrogens with one attached hydrogen (secondary N) is 2. The largest absolute Gasteiger partial charge is 0.385 e. The van der Waals surface area contributed by atoms with E-state index in [0.717, 1.165) is 49.1 Å². The molecular formula is C18H24N6O3. The molecule has 1 aliphatic rings. The van der Waals surface area contributed by atoms with Crippen LogP contribution in [0.2, 0.25) is 0 Å². The number of imide groups is 1. The minimum atomic E-state index is -0.814. The summed E-state index contributed by atoms with van der Waals surface area (Å²) in [4.78, 5) is 36.1. The van der Waals surface area contributed by atoms with E-state index in [0.29, 0.717) is 10.9 Å². The first kappa shape index (κ1) is 19.0. The van der Waals surface area contributed by atoms with E-state index in [2.05, 4.69) is 20.9 Å². The molecule has 1 fully saturated rings. The second kappa shape index (κ2) is 8.72. The molecule has 0 radical (unpaired) electrons. The van der Waals surface area contributed by atoms with Gasteiger partial charge in [0.2, 0.25) is 5.91 Å². The molecule has 1 atom stereocenters. The van der Waals surface area contributed by atoms with Gasteiger partial charge in [-0.3, -0.25) is 19.7 Å². The van der Waals surface area contributed by atoms with Crippen molar-refractivity contribution in [1.29, 1.82) is 0 Å². The number of carbonyl (C=O) groups is 2. The number of rotatable bonds is 8. The molecule has 4 N–H and O–H groups in total. The predicted molar refractivity (Wildman–Crippen MR) is 101 cm³/mol. The summed E-state index contributed by atoms with van der Waals surface area (Å²) in [6, 6.07) is 4.50. The number of unbranched alkanes of at least 4 members (excludes halogenated alkanes) is 3. The molecule has 0 saturated carbocycles. The summed E-state index contributed by atoms with van der Waals surface area (Å²) < 4.78 is 1.07. The lowest BCUT2D eigenvalue weighted by molar-refractivity contribution is -0.136. The van der Waals surface area contributed by atoms with Crippen molar-refractivity contribution in [2.24, 2.45) is 5.73 Å². The maximum Gasteiger partial charge on any atom is 0.278 e. The van der Waals surface area contributed by atoms with E-state index in [1.165, 1.54) is 0 Å². The van der Waals surface area contributed by atoms with E-state index in [1.807, 2.05) is 6.07 Å². The van der Waals surface area contributed by atoms with Crippen molar-refractivity contribution < 1.29 is 9.59 Å². The maximum absolute atomic E-state index is 12.8. The highest BCUT2D eigenvalue weighted by Gasteiger charge is 2.30. The summed E-state index contributed by atoms with van der Waals surface area (Å²) in [6.07, 6.45) is 4.69. The number of aromatic nitrogens is 3. The first-order chi connectivity index (χ1) is 13.1. The Balaban J connectivity index is 1.75. The number of benzene rings is 1. The molecule has 1 aromatic carbocycles. The highest BCUT2D eigenvalue weighted by Crippen LogP contribution is 2.18. The van der Waals surface area contributed by atoms with Gasteiger partial charge in [-0.05, 0) is 44.0 Å². The highest BCUT2D eigenvalue weighted by atomic mass is 16.2. The molecule has 0 bridgehead atoms. The molecule has 2 amide bonds. The zero-order chi connectivity index (χ0) is 19.2. The molecule has 2 heterocycles. The average molecular weight is 372 g/mol. The van der Waals surface area contributed by atoms with Gasteiger partial charge in [-0.25, -0.2) is 0 Å². The van der Waals surface area contributed by atoms with Gasteiger partial charge in [-0.15, -0.1) is 5.10 Å². The lowest BCUT2D eigenvalue weighted by Crippen LogP contribution is -2.45. The minimum Gasteiger partial charge on any atom is -0.385 e. The van der Waals surface area contributed by atoms with Crippen LogP contribution in [0.4, 0.5) is 5.69 Å². The molecule has 0 spiro atoms. The molecule has 9 nitrogen and oxygen atoms in total. The third-order valence-electron chi connectivity index (χ3n) is 4.65. The van der Waals surface area contributed by atoms with Gasteiger partial charge in [-0.1, -0.05) is 18.1 Å². The second-order valence-electron chi connectivity index (χ2n) is 6.67. The zero-order valence-electron chi connectivity index (χ0n) is 15.1. The summed E-state index contributed by atoms with van der Waals surface area (Å²) in [5, 5.41) is 13.9. The van der Waals surface area contributed by atoms with Crippen LogP contribution in [0, 0.1) is 0 Å². The molecule has 27 heavy (non-hydrogen) atoms. The second-order valence-corrected chi connectivity index (χ2v) is 6.67. The molecule has 1 saturated heterocycles. The lowest BCUT2D eigenvalue weighted by atomic mass is 10.1. The number of carbonyl (C=O) groups excluding carboxylic acids is 2. The van der Waals surface area contributed by atoms with Gasteiger partial charge in [0.25, 0.3) is 11.5 Å². The number of fused-ring (bicyclic) bond motifs is 1. The molecule has 9 heteroatoms. The van der Waals surface area contributed by atoms with Crippen LogP contribution < -0.4 is 21.9 Å². The first-order valence-corrected chi connectivity index (χ1v) is 9.27. The van der Waals surface area contributed by atoms with Crippen molar-refractivity contribution in [2.45, 2.75) is 44.6 Å². The predicted octanol–water partition coefficient (Wildman–Crippen LogP) is 0.700. The Bertz CT molecular complexity index is 894. The Morgan fingerprint density at radius 2 is 2.00 bits per heavy atom. The van der Waals surface area contributed by atoms with Crippen molar-refractivity contribution in [1.82, 2.24) is 20.3 Å². The summed E-state index contributed by atoms with van der Waals surface area (Å²) in [5.74, 6) is -0.857. The summed E-state index contributed by atoms with van der Waals surface area (Å²) >= 11 is 0. The number of nitrogens with two attached hydrogens (primary N) is 1. The topological polar surface area (TPSA) is 132 Å². The fraction of sp³-hybridized carbons (Fsp3) is 0.500. The molecule has 1 unspecified atom stereocenters. The Hall–Kier alpha value is -2.81.